The number of rotatable bonds is 13. The summed E-state index contributed by atoms with van der Waals surface area (Å²) in [5.74, 6) is -8.74. The third kappa shape index (κ3) is 22.6. The van der Waals surface area contributed by atoms with E-state index in [1.165, 1.54) is 38.0 Å². The number of aliphatic hydroxyl groups is 1. The Balaban J connectivity index is 1.08. The van der Waals surface area contributed by atoms with Crippen LogP contribution in [0.2, 0.25) is 0 Å². The number of ketones is 1. The third-order valence-electron chi connectivity index (χ3n) is 21.8. The Morgan fingerprint density at radius 1 is 0.658 bits per heavy atom. The van der Waals surface area contributed by atoms with Crippen LogP contribution in [-0.4, -0.2) is 216 Å². The maximum absolute atomic E-state index is 16.3. The number of ether oxygens (including phenoxy) is 2. The minimum atomic E-state index is -1.85. The van der Waals surface area contributed by atoms with E-state index in [-0.39, 0.29) is 96.2 Å². The number of halogens is 1. The Morgan fingerprint density at radius 3 is 2.13 bits per heavy atom. The molecule has 598 valence electrons. The van der Waals surface area contributed by atoms with E-state index in [0.29, 0.717) is 90.4 Å². The predicted molar refractivity (Wildman–Crippen MR) is 410 cm³/mol. The Morgan fingerprint density at radius 2 is 1.39 bits per heavy atom. The van der Waals surface area contributed by atoms with Crippen molar-refractivity contribution in [2.24, 2.45) is 0 Å². The molecule has 111 heavy (non-hydrogen) atoms. The third-order valence-corrected chi connectivity index (χ3v) is 21.8. The zero-order chi connectivity index (χ0) is 79.7. The van der Waals surface area contributed by atoms with Crippen LogP contribution in [0.4, 0.5) is 4.39 Å². The summed E-state index contributed by atoms with van der Waals surface area (Å²) in [5.41, 5.74) is 2.74. The number of Topliss-reactive ketones (excluding diaryl/α,β-unsaturated/α-hetero) is 1. The molecule has 0 radical (unpaired) electrons. The molecule has 0 unspecified atom stereocenters. The summed E-state index contributed by atoms with van der Waals surface area (Å²) in [6.07, 6.45) is 2.59. The molecule has 7 heterocycles. The normalized spacial score (nSPS) is 25.5. The molecule has 0 aliphatic carbocycles. The molecule has 4 aromatic carbocycles. The maximum atomic E-state index is 16.3. The van der Waals surface area contributed by atoms with Crippen LogP contribution >= 0.6 is 0 Å². The second kappa shape index (κ2) is 38.2. The number of amides is 11. The summed E-state index contributed by atoms with van der Waals surface area (Å²) in [4.78, 5) is 180. The molecule has 2 saturated heterocycles. The number of unbranched alkanes of at least 4 members (excludes halogenated alkanes) is 2. The zero-order valence-corrected chi connectivity index (χ0v) is 64.7. The molecule has 6 aliphatic rings. The predicted octanol–water partition coefficient (Wildman–Crippen LogP) is 3.62. The van der Waals surface area contributed by atoms with Crippen LogP contribution in [0.15, 0.2) is 97.2 Å². The van der Waals surface area contributed by atoms with Crippen molar-refractivity contribution in [1.29, 1.82) is 0 Å². The van der Waals surface area contributed by atoms with Crippen molar-refractivity contribution in [3.8, 4) is 5.75 Å². The van der Waals surface area contributed by atoms with Gasteiger partial charge in [0.25, 0.3) is 0 Å². The molecule has 28 nitrogen and oxygen atoms in total. The number of hydrogen-bond donors (Lipinski definition) is 10. The van der Waals surface area contributed by atoms with Crippen LogP contribution in [0.3, 0.4) is 0 Å². The monoisotopic (exact) mass is 1530 g/mol. The van der Waals surface area contributed by atoms with Crippen molar-refractivity contribution < 1.29 is 81.0 Å². The van der Waals surface area contributed by atoms with E-state index in [1.54, 1.807) is 67.7 Å². The van der Waals surface area contributed by atoms with Crippen LogP contribution in [0, 0.1) is 5.82 Å². The molecule has 12 bridgehead atoms. The second-order valence-corrected chi connectivity index (χ2v) is 31.4. The minimum Gasteiger partial charge on any atom is -0.497 e. The molecular formula is C82H109FN13O15+. The van der Waals surface area contributed by atoms with E-state index >= 15 is 33.2 Å². The van der Waals surface area contributed by atoms with Crippen LogP contribution < -0.4 is 52.6 Å². The number of methoxy groups -OCH3 is 1. The van der Waals surface area contributed by atoms with Crippen molar-refractivity contribution in [2.45, 2.75) is 222 Å². The Labute approximate surface area is 647 Å². The average Bonchev–Trinajstić information content (AvgIpc) is 1.62. The number of quaternary nitrogens is 1. The number of aromatic nitrogens is 1. The van der Waals surface area contributed by atoms with Crippen LogP contribution in [-0.2, 0) is 101 Å². The second-order valence-electron chi connectivity index (χ2n) is 31.4. The van der Waals surface area contributed by atoms with E-state index < -0.39 is 143 Å². The first-order valence-corrected chi connectivity index (χ1v) is 39.0. The van der Waals surface area contributed by atoms with E-state index in [1.807, 2.05) is 28.8 Å². The van der Waals surface area contributed by atoms with Crippen LogP contribution in [0.25, 0.3) is 10.9 Å². The van der Waals surface area contributed by atoms with Gasteiger partial charge in [0.15, 0.2) is 0 Å². The standard InChI is InChI=1S/C82H108FN13O15/c1-50-74(102)88-63(30-27-59(98)18-10-9-13-41-96(4,5)6)75(103)89-64-44-54-16-14-17-55(42-54)47-85-71(101)49-111-68-35-40-94-73(68)78(106)92-72(51(2)97)77(105)91-65(43-53-22-28-60(110-7)29-23-53)80(108)95-39-15-36-82(95,3)81(109)84-37-34-52-20-24-56(25-21-52)62(87-70(100)33-32-69(99)86-50)19-11-8-12-38-93-48-57(45-66(79(94)107)90-76(64)104)61-46-58(83)26-31-67(61)93/h14,16-17,20-26,28-29,31,42,46,48,50-51,62-66,68,72-73,97H,8-13,15,18-19,27,30,32-41,43-45,47,49H2,1-7H3,(H8-,84,85,86,87,88,89,90,91,92,99,100,101,102,103,104,105,106,109)/p+1/t50-,51+,62+,63+,64-,65-,66-,68-,72-,73-,82-/m0/s1. The van der Waals surface area contributed by atoms with Gasteiger partial charge in [-0.25, -0.2) is 4.39 Å². The van der Waals surface area contributed by atoms with Gasteiger partial charge in [-0.15, -0.1) is 0 Å². The number of aliphatic hydroxyl groups excluding tert-OH is 1. The van der Waals surface area contributed by atoms with Gasteiger partial charge < -0.3 is 81.3 Å². The molecule has 0 saturated carbocycles. The Kier molecular flexibility index (Phi) is 28.7. The highest BCUT2D eigenvalue weighted by atomic mass is 19.1. The molecule has 29 heteroatoms. The first-order valence-electron chi connectivity index (χ1n) is 39.0. The lowest BCUT2D eigenvalue weighted by molar-refractivity contribution is -0.870. The number of hydrogen-bond acceptors (Lipinski definition) is 15. The van der Waals surface area contributed by atoms with Gasteiger partial charge in [0.1, 0.15) is 71.8 Å². The number of fused-ring (bicyclic) bond motifs is 16. The van der Waals surface area contributed by atoms with Crippen LogP contribution in [0.1, 0.15) is 157 Å². The van der Waals surface area contributed by atoms with Gasteiger partial charge in [-0.05, 0) is 149 Å². The summed E-state index contributed by atoms with van der Waals surface area (Å²) in [7, 11) is 7.73. The number of aryl methyl sites for hydroxylation is 1. The minimum absolute atomic E-state index is 0.0682. The van der Waals surface area contributed by atoms with Gasteiger partial charge >= 0.3 is 0 Å². The first-order chi connectivity index (χ1) is 53.0. The van der Waals surface area contributed by atoms with E-state index in [0.717, 1.165) is 39.9 Å². The Bertz CT molecular complexity index is 4200. The van der Waals surface area contributed by atoms with Crippen molar-refractivity contribution in [1.82, 2.24) is 62.2 Å². The van der Waals surface area contributed by atoms with Crippen LogP contribution in [0.5, 0.6) is 5.75 Å². The number of carbonyl (C=O) groups excluding carboxylic acids is 12. The molecule has 6 aliphatic heterocycles. The number of nitrogens with zero attached hydrogens (tertiary/aromatic N) is 4. The smallest absolute Gasteiger partial charge is 0.246 e. The molecule has 1 aromatic heterocycles. The van der Waals surface area contributed by atoms with E-state index in [4.69, 9.17) is 9.47 Å². The lowest BCUT2D eigenvalue weighted by atomic mass is 9.95. The van der Waals surface area contributed by atoms with Crippen molar-refractivity contribution in [3.05, 3.63) is 136 Å². The maximum Gasteiger partial charge on any atom is 0.246 e. The van der Waals surface area contributed by atoms with Crippen molar-refractivity contribution in [2.75, 3.05) is 61.0 Å². The molecule has 5 aromatic rings. The van der Waals surface area contributed by atoms with Gasteiger partial charge in [-0.2, -0.15) is 0 Å². The highest BCUT2D eigenvalue weighted by Gasteiger charge is 2.50. The highest BCUT2D eigenvalue weighted by Crippen LogP contribution is 2.33. The fraction of sp³-hybridized carbons (Fsp3) is 0.537. The summed E-state index contributed by atoms with van der Waals surface area (Å²) in [5, 5.41) is 37.6. The summed E-state index contributed by atoms with van der Waals surface area (Å²) in [6.45, 7) is 4.91. The number of nitrogens with one attached hydrogen (secondary N) is 9. The van der Waals surface area contributed by atoms with Gasteiger partial charge in [0.05, 0.1) is 53.0 Å². The molecule has 11 atom stereocenters. The topological polar surface area (TPSA) is 363 Å². The lowest BCUT2D eigenvalue weighted by Gasteiger charge is -2.37. The average molecular weight is 1540 g/mol. The molecule has 2 fully saturated rings. The lowest BCUT2D eigenvalue weighted by Crippen LogP contribution is -2.64. The van der Waals surface area contributed by atoms with E-state index in [9.17, 15) is 33.9 Å². The quantitative estimate of drug-likeness (QED) is 0.0595. The summed E-state index contributed by atoms with van der Waals surface area (Å²) in [6, 6.07) is 13.7. The molecular weight excluding hydrogens is 1430 g/mol. The summed E-state index contributed by atoms with van der Waals surface area (Å²) >= 11 is 0. The van der Waals surface area contributed by atoms with Gasteiger partial charge in [0, 0.05) is 94.8 Å². The van der Waals surface area contributed by atoms with Gasteiger partial charge in [-0.1, -0.05) is 73.5 Å². The molecule has 10 N–H and O–H groups in total. The molecule has 11 rings (SSSR count). The van der Waals surface area contributed by atoms with Gasteiger partial charge in [0.2, 0.25) is 65.0 Å². The SMILES string of the molecule is COc1ccc(C[C@@H]2NC(=O)[C@H]([C@@H](C)O)NC(=O)[C@@H]3[C@@H]4CCN3C(=O)[C@@H]3Cc5cn(c6ccc(F)cc56)CCCCC[C@@H](NC(=O)CCC(=O)N[C@@H](C)C(=O)N[C@H](CCC(=O)CCCCC[N+](C)(C)C)C(=O)N[C@@H](Cc5cccc(c5)CNC(=O)CO4)C(=O)N3)c3ccc(cc3)CCNC(=O)[C@]3(C)CCCN3C2=O)cc1. The number of carbonyl (C=O) groups is 12. The van der Waals surface area contributed by atoms with Crippen molar-refractivity contribution in [3.63, 3.8) is 0 Å². The fourth-order valence-corrected chi connectivity index (χ4v) is 15.5. The number of benzene rings is 4. The first kappa shape index (κ1) is 83.3. The fourth-order valence-electron chi connectivity index (χ4n) is 15.5. The largest absolute Gasteiger partial charge is 0.497 e. The van der Waals surface area contributed by atoms with Gasteiger partial charge in [-0.3, -0.25) is 57.5 Å². The molecule has 0 spiro atoms. The van der Waals surface area contributed by atoms with E-state index in [2.05, 4.69) is 69.0 Å². The Hall–Kier alpha value is -10.1. The zero-order valence-electron chi connectivity index (χ0n) is 64.7. The highest BCUT2D eigenvalue weighted by molar-refractivity contribution is 6.00. The molecule has 11 amide bonds. The van der Waals surface area contributed by atoms with Crippen molar-refractivity contribution >= 4 is 81.7 Å². The summed E-state index contributed by atoms with van der Waals surface area (Å²) < 4.78 is 30.2.